The zero-order valence-corrected chi connectivity index (χ0v) is 14.9. The van der Waals surface area contributed by atoms with Crippen LogP contribution in [0.3, 0.4) is 0 Å². The molecule has 0 spiro atoms. The third-order valence-corrected chi connectivity index (χ3v) is 4.53. The molecule has 0 aliphatic heterocycles. The summed E-state index contributed by atoms with van der Waals surface area (Å²) in [5.74, 6) is -0.892. The fraction of sp³-hybridized carbons (Fsp3) is 0.174. The lowest BCUT2D eigenvalue weighted by molar-refractivity contribution is 0.0696. The Kier molecular flexibility index (Phi) is 5.82. The third-order valence-electron chi connectivity index (χ3n) is 4.53. The monoisotopic (exact) mass is 345 g/mol. The van der Waals surface area contributed by atoms with Crippen molar-refractivity contribution < 1.29 is 9.90 Å². The largest absolute Gasteiger partial charge is 0.478 e. The molecule has 3 aromatic rings. The fourth-order valence-electron chi connectivity index (χ4n) is 3.12. The van der Waals surface area contributed by atoms with Crippen LogP contribution in [0.25, 0.3) is 11.1 Å². The molecule has 3 nitrogen and oxygen atoms in total. The van der Waals surface area contributed by atoms with E-state index >= 15 is 0 Å². The topological polar surface area (TPSA) is 40.5 Å². The number of carboxylic acids is 1. The van der Waals surface area contributed by atoms with Gasteiger partial charge in [-0.05, 0) is 40.9 Å². The van der Waals surface area contributed by atoms with E-state index in [4.69, 9.17) is 0 Å². The first-order valence-corrected chi connectivity index (χ1v) is 8.85. The van der Waals surface area contributed by atoms with Crippen LogP contribution in [-0.4, -0.2) is 22.5 Å². The first-order valence-electron chi connectivity index (χ1n) is 8.85. The second-order valence-corrected chi connectivity index (χ2v) is 6.33. The van der Waals surface area contributed by atoms with Gasteiger partial charge in [-0.25, -0.2) is 4.79 Å². The number of benzene rings is 3. The van der Waals surface area contributed by atoms with E-state index in [0.717, 1.165) is 29.8 Å². The van der Waals surface area contributed by atoms with E-state index in [1.54, 1.807) is 12.1 Å². The minimum atomic E-state index is -0.892. The van der Waals surface area contributed by atoms with E-state index in [9.17, 15) is 9.90 Å². The Bertz CT molecular complexity index is 860. The van der Waals surface area contributed by atoms with Gasteiger partial charge in [0, 0.05) is 13.1 Å². The molecule has 0 unspecified atom stereocenters. The molecule has 132 valence electrons. The number of aromatic carboxylic acids is 1. The molecule has 0 bridgehead atoms. The number of nitrogens with zero attached hydrogens (tertiary/aromatic N) is 1. The zero-order chi connectivity index (χ0) is 18.4. The van der Waals surface area contributed by atoms with E-state index in [1.165, 1.54) is 5.56 Å². The zero-order valence-electron chi connectivity index (χ0n) is 14.9. The average molecular weight is 345 g/mol. The van der Waals surface area contributed by atoms with Gasteiger partial charge in [0.2, 0.25) is 0 Å². The summed E-state index contributed by atoms with van der Waals surface area (Å²) in [6.45, 7) is 4.56. The molecule has 3 aromatic carbocycles. The molecule has 0 atom stereocenters. The minimum absolute atomic E-state index is 0.329. The van der Waals surface area contributed by atoms with Gasteiger partial charge in [0.1, 0.15) is 0 Å². The van der Waals surface area contributed by atoms with Gasteiger partial charge in [-0.3, -0.25) is 4.90 Å². The van der Waals surface area contributed by atoms with Gasteiger partial charge < -0.3 is 5.11 Å². The molecule has 0 radical (unpaired) electrons. The van der Waals surface area contributed by atoms with Crippen molar-refractivity contribution in [1.29, 1.82) is 0 Å². The maximum Gasteiger partial charge on any atom is 0.335 e. The van der Waals surface area contributed by atoms with Crippen LogP contribution in [0.15, 0.2) is 78.9 Å². The molecule has 0 fully saturated rings. The molecule has 0 aliphatic carbocycles. The quantitative estimate of drug-likeness (QED) is 0.649. The lowest BCUT2D eigenvalue weighted by atomic mass is 9.97. The van der Waals surface area contributed by atoms with E-state index in [1.807, 2.05) is 42.5 Å². The molecule has 0 amide bonds. The summed E-state index contributed by atoms with van der Waals surface area (Å²) in [6, 6.07) is 25.9. The van der Waals surface area contributed by atoms with Crippen molar-refractivity contribution in [2.24, 2.45) is 0 Å². The maximum absolute atomic E-state index is 11.4. The van der Waals surface area contributed by atoms with Crippen LogP contribution in [0.1, 0.15) is 28.4 Å². The molecular weight excluding hydrogens is 322 g/mol. The number of hydrogen-bond donors (Lipinski definition) is 1. The Balaban J connectivity index is 1.93. The van der Waals surface area contributed by atoms with Crippen molar-refractivity contribution in [3.05, 3.63) is 95.6 Å². The second kappa shape index (κ2) is 8.45. The van der Waals surface area contributed by atoms with Gasteiger partial charge >= 0.3 is 5.97 Å². The second-order valence-electron chi connectivity index (χ2n) is 6.33. The van der Waals surface area contributed by atoms with Gasteiger partial charge in [-0.15, -0.1) is 0 Å². The molecule has 1 N–H and O–H groups in total. The Morgan fingerprint density at radius 1 is 0.885 bits per heavy atom. The summed E-state index contributed by atoms with van der Waals surface area (Å²) >= 11 is 0. The Morgan fingerprint density at radius 3 is 2.15 bits per heavy atom. The van der Waals surface area contributed by atoms with E-state index in [0.29, 0.717) is 12.1 Å². The summed E-state index contributed by atoms with van der Waals surface area (Å²) in [5, 5.41) is 9.38. The van der Waals surface area contributed by atoms with Crippen LogP contribution < -0.4 is 0 Å². The average Bonchev–Trinajstić information content (AvgIpc) is 2.68. The number of carboxylic acid groups (broad SMARTS) is 1. The van der Waals surface area contributed by atoms with Crippen molar-refractivity contribution in [3.63, 3.8) is 0 Å². The SMILES string of the molecule is CCN(Cc1ccccc1)Cc1cc(C(=O)O)ccc1-c1ccccc1. The van der Waals surface area contributed by atoms with Crippen LogP contribution in [0.5, 0.6) is 0 Å². The Morgan fingerprint density at radius 2 is 1.54 bits per heavy atom. The lowest BCUT2D eigenvalue weighted by Gasteiger charge is -2.22. The third kappa shape index (κ3) is 4.38. The Hall–Kier alpha value is -2.91. The first-order chi connectivity index (χ1) is 12.7. The predicted octanol–water partition coefficient (Wildman–Crippen LogP) is 5.07. The molecule has 0 saturated carbocycles. The number of carbonyl (C=O) groups is 1. The van der Waals surface area contributed by atoms with Crippen LogP contribution in [0.4, 0.5) is 0 Å². The van der Waals surface area contributed by atoms with Crippen LogP contribution in [-0.2, 0) is 13.1 Å². The summed E-state index contributed by atoms with van der Waals surface area (Å²) in [4.78, 5) is 13.8. The molecule has 3 rings (SSSR count). The van der Waals surface area contributed by atoms with Crippen LogP contribution in [0.2, 0.25) is 0 Å². The molecular formula is C23H23NO2. The smallest absolute Gasteiger partial charge is 0.335 e. The highest BCUT2D eigenvalue weighted by Crippen LogP contribution is 2.26. The van der Waals surface area contributed by atoms with Crippen molar-refractivity contribution in [3.8, 4) is 11.1 Å². The highest BCUT2D eigenvalue weighted by Gasteiger charge is 2.13. The van der Waals surface area contributed by atoms with Crippen molar-refractivity contribution >= 4 is 5.97 Å². The summed E-state index contributed by atoms with van der Waals surface area (Å²) in [7, 11) is 0. The first kappa shape index (κ1) is 17.9. The molecule has 3 heteroatoms. The fourth-order valence-corrected chi connectivity index (χ4v) is 3.12. The van der Waals surface area contributed by atoms with Gasteiger partial charge in [0.05, 0.1) is 5.56 Å². The van der Waals surface area contributed by atoms with Crippen LogP contribution >= 0.6 is 0 Å². The van der Waals surface area contributed by atoms with Crippen molar-refractivity contribution in [2.45, 2.75) is 20.0 Å². The molecule has 0 aromatic heterocycles. The van der Waals surface area contributed by atoms with Gasteiger partial charge in [0.15, 0.2) is 0 Å². The Labute approximate surface area is 154 Å². The van der Waals surface area contributed by atoms with Gasteiger partial charge in [-0.1, -0.05) is 73.7 Å². The minimum Gasteiger partial charge on any atom is -0.478 e. The highest BCUT2D eigenvalue weighted by atomic mass is 16.4. The molecule has 0 heterocycles. The van der Waals surface area contributed by atoms with Crippen molar-refractivity contribution in [2.75, 3.05) is 6.54 Å². The lowest BCUT2D eigenvalue weighted by Crippen LogP contribution is -2.23. The van der Waals surface area contributed by atoms with E-state index in [2.05, 4.69) is 36.1 Å². The normalized spacial score (nSPS) is 10.8. The van der Waals surface area contributed by atoms with Crippen molar-refractivity contribution in [1.82, 2.24) is 4.90 Å². The molecule has 0 saturated heterocycles. The summed E-state index contributed by atoms with van der Waals surface area (Å²) in [6.07, 6.45) is 0. The molecule has 26 heavy (non-hydrogen) atoms. The summed E-state index contributed by atoms with van der Waals surface area (Å²) in [5.41, 5.74) is 4.81. The standard InChI is InChI=1S/C23H23NO2/c1-2-24(16-18-9-5-3-6-10-18)17-21-15-20(23(25)26)13-14-22(21)19-11-7-4-8-12-19/h3-15H,2,16-17H2,1H3,(H,25,26). The van der Waals surface area contributed by atoms with Gasteiger partial charge in [0.25, 0.3) is 0 Å². The summed E-state index contributed by atoms with van der Waals surface area (Å²) < 4.78 is 0. The van der Waals surface area contributed by atoms with E-state index in [-0.39, 0.29) is 0 Å². The van der Waals surface area contributed by atoms with Gasteiger partial charge in [-0.2, -0.15) is 0 Å². The van der Waals surface area contributed by atoms with Crippen LogP contribution in [0, 0.1) is 0 Å². The van der Waals surface area contributed by atoms with E-state index < -0.39 is 5.97 Å². The number of hydrogen-bond acceptors (Lipinski definition) is 2. The predicted molar refractivity (Wildman–Crippen MR) is 105 cm³/mol. The molecule has 0 aliphatic rings. The highest BCUT2D eigenvalue weighted by molar-refractivity contribution is 5.89. The maximum atomic E-state index is 11.4. The number of rotatable bonds is 7.